The molecule has 0 aliphatic heterocycles. The van der Waals surface area contributed by atoms with Crippen LogP contribution in [0.25, 0.3) is 0 Å². The van der Waals surface area contributed by atoms with Gasteiger partial charge >= 0.3 is 0 Å². The average Bonchev–Trinajstić information content (AvgIpc) is 2.49. The summed E-state index contributed by atoms with van der Waals surface area (Å²) >= 11 is 6.00. The van der Waals surface area contributed by atoms with Crippen molar-refractivity contribution in [2.75, 3.05) is 0 Å². The minimum absolute atomic E-state index is 0.0190. The van der Waals surface area contributed by atoms with Crippen molar-refractivity contribution in [1.82, 2.24) is 9.78 Å². The lowest BCUT2D eigenvalue weighted by molar-refractivity contribution is 0.0888. The molecule has 1 aliphatic rings. The van der Waals surface area contributed by atoms with Gasteiger partial charge in [0.25, 0.3) is 5.92 Å². The van der Waals surface area contributed by atoms with Crippen LogP contribution in [0.15, 0.2) is 0 Å². The molecule has 1 aromatic rings. The molecule has 1 aliphatic carbocycles. The third-order valence-corrected chi connectivity index (χ3v) is 3.46. The highest BCUT2D eigenvalue weighted by atomic mass is 35.5. The molecule has 1 heterocycles. The van der Waals surface area contributed by atoms with Crippen LogP contribution in [-0.2, 0) is 12.6 Å². The van der Waals surface area contributed by atoms with Crippen LogP contribution in [0.1, 0.15) is 37.4 Å². The van der Waals surface area contributed by atoms with Gasteiger partial charge in [0.2, 0.25) is 0 Å². The second-order valence-corrected chi connectivity index (χ2v) is 5.04. The number of rotatable bonds is 2. The van der Waals surface area contributed by atoms with Gasteiger partial charge in [-0.1, -0.05) is 25.4 Å². The van der Waals surface area contributed by atoms with E-state index in [-0.39, 0.29) is 17.5 Å². The molecule has 0 saturated heterocycles. The molecule has 1 unspecified atom stereocenters. The Balaban J connectivity index is 2.57. The third kappa shape index (κ3) is 1.38. The normalized spacial score (nSPS) is 27.5. The van der Waals surface area contributed by atoms with Gasteiger partial charge < -0.3 is 5.73 Å². The number of aromatic nitrogens is 2. The number of nitrogens with two attached hydrogens (primary N) is 1. The van der Waals surface area contributed by atoms with Crippen LogP contribution >= 0.6 is 11.6 Å². The van der Waals surface area contributed by atoms with Crippen LogP contribution in [-0.4, -0.2) is 15.7 Å². The first-order valence-electron chi connectivity index (χ1n) is 5.10. The van der Waals surface area contributed by atoms with Crippen LogP contribution in [0.2, 0.25) is 5.15 Å². The lowest BCUT2D eigenvalue weighted by Gasteiger charge is -2.13. The highest BCUT2D eigenvalue weighted by Gasteiger charge is 2.71. The predicted molar refractivity (Wildman–Crippen MR) is 57.7 cm³/mol. The topological polar surface area (TPSA) is 43.8 Å². The Morgan fingerprint density at radius 2 is 2.00 bits per heavy atom. The number of hydrogen-bond donors (Lipinski definition) is 1. The molecule has 1 atom stereocenters. The van der Waals surface area contributed by atoms with Gasteiger partial charge in [-0.2, -0.15) is 5.10 Å². The first kappa shape index (κ1) is 11.8. The van der Waals surface area contributed by atoms with Crippen LogP contribution in [0.5, 0.6) is 0 Å². The number of aryl methyl sites for hydroxylation is 1. The van der Waals surface area contributed by atoms with Crippen molar-refractivity contribution in [3.8, 4) is 0 Å². The molecule has 16 heavy (non-hydrogen) atoms. The van der Waals surface area contributed by atoms with Gasteiger partial charge in [0.1, 0.15) is 10.7 Å². The van der Waals surface area contributed by atoms with Crippen molar-refractivity contribution < 1.29 is 8.78 Å². The van der Waals surface area contributed by atoms with E-state index in [4.69, 9.17) is 17.3 Å². The van der Waals surface area contributed by atoms with E-state index in [0.717, 1.165) is 0 Å². The molecular formula is C10H14ClF2N3. The van der Waals surface area contributed by atoms with Crippen molar-refractivity contribution in [1.29, 1.82) is 0 Å². The van der Waals surface area contributed by atoms with E-state index in [1.807, 2.05) is 13.8 Å². The fraction of sp³-hybridized carbons (Fsp3) is 0.700. The maximum atomic E-state index is 13.3. The number of hydrogen-bond acceptors (Lipinski definition) is 2. The summed E-state index contributed by atoms with van der Waals surface area (Å²) in [5.74, 6) is -2.85. The number of nitrogens with zero attached hydrogens (tertiary/aromatic N) is 2. The van der Waals surface area contributed by atoms with E-state index in [1.165, 1.54) is 4.68 Å². The highest BCUT2D eigenvalue weighted by Crippen LogP contribution is 2.60. The summed E-state index contributed by atoms with van der Waals surface area (Å²) in [7, 11) is 1.63. The number of alkyl halides is 2. The summed E-state index contributed by atoms with van der Waals surface area (Å²) in [5.41, 5.74) is 4.95. The second kappa shape index (κ2) is 3.17. The second-order valence-electron chi connectivity index (χ2n) is 4.68. The van der Waals surface area contributed by atoms with Gasteiger partial charge in [-0.3, -0.25) is 4.68 Å². The van der Waals surface area contributed by atoms with Crippen molar-refractivity contribution in [3.63, 3.8) is 0 Å². The first-order valence-corrected chi connectivity index (χ1v) is 5.48. The van der Waals surface area contributed by atoms with Crippen molar-refractivity contribution in [2.24, 2.45) is 12.8 Å². The van der Waals surface area contributed by atoms with Gasteiger partial charge in [0.05, 0.1) is 5.69 Å². The largest absolute Gasteiger partial charge is 0.316 e. The van der Waals surface area contributed by atoms with Crippen molar-refractivity contribution in [2.45, 2.75) is 37.6 Å². The van der Waals surface area contributed by atoms with Gasteiger partial charge in [-0.05, 0) is 5.92 Å². The molecule has 3 nitrogen and oxygen atoms in total. The molecule has 0 aromatic carbocycles. The van der Waals surface area contributed by atoms with E-state index in [9.17, 15) is 8.78 Å². The van der Waals surface area contributed by atoms with Gasteiger partial charge in [-0.15, -0.1) is 0 Å². The molecule has 0 radical (unpaired) electrons. The van der Waals surface area contributed by atoms with Crippen molar-refractivity contribution >= 4 is 11.6 Å². The van der Waals surface area contributed by atoms with E-state index in [1.54, 1.807) is 7.05 Å². The highest BCUT2D eigenvalue weighted by molar-refractivity contribution is 6.30. The zero-order chi connectivity index (χ0) is 12.3. The molecule has 90 valence electrons. The van der Waals surface area contributed by atoms with E-state index < -0.39 is 11.5 Å². The summed E-state index contributed by atoms with van der Waals surface area (Å²) in [6.07, 6.45) is -0.356. The maximum Gasteiger partial charge on any atom is 0.272 e. The van der Waals surface area contributed by atoms with E-state index in [0.29, 0.717) is 11.3 Å². The zero-order valence-corrected chi connectivity index (χ0v) is 10.1. The Morgan fingerprint density at radius 3 is 2.38 bits per heavy atom. The molecule has 0 bridgehead atoms. The molecule has 0 spiro atoms. The minimum Gasteiger partial charge on any atom is -0.316 e. The molecule has 1 saturated carbocycles. The van der Waals surface area contributed by atoms with Gasteiger partial charge in [0.15, 0.2) is 0 Å². The van der Waals surface area contributed by atoms with E-state index >= 15 is 0 Å². The molecule has 2 rings (SSSR count). The lowest BCUT2D eigenvalue weighted by Crippen LogP contribution is -2.28. The van der Waals surface area contributed by atoms with Crippen LogP contribution in [0, 0.1) is 0 Å². The molecule has 1 fully saturated rings. The Bertz CT molecular complexity index is 442. The number of halogens is 3. The quantitative estimate of drug-likeness (QED) is 0.875. The zero-order valence-electron chi connectivity index (χ0n) is 9.39. The minimum atomic E-state index is -2.87. The van der Waals surface area contributed by atoms with E-state index in [2.05, 4.69) is 5.10 Å². The van der Waals surface area contributed by atoms with Crippen molar-refractivity contribution in [3.05, 3.63) is 16.4 Å². The molecule has 2 N–H and O–H groups in total. The fourth-order valence-corrected chi connectivity index (χ4v) is 2.22. The molecule has 1 aromatic heterocycles. The first-order chi connectivity index (χ1) is 7.21. The Hall–Kier alpha value is -0.680. The Kier molecular flexibility index (Phi) is 2.34. The summed E-state index contributed by atoms with van der Waals surface area (Å²) in [5, 5.41) is 4.36. The molecular weight excluding hydrogens is 236 g/mol. The third-order valence-electron chi connectivity index (χ3n) is 3.03. The average molecular weight is 250 g/mol. The fourth-order valence-electron chi connectivity index (χ4n) is 1.92. The lowest BCUT2D eigenvalue weighted by atomic mass is 9.99. The van der Waals surface area contributed by atoms with Crippen LogP contribution in [0.4, 0.5) is 8.78 Å². The smallest absolute Gasteiger partial charge is 0.272 e. The van der Waals surface area contributed by atoms with Gasteiger partial charge in [-0.25, -0.2) is 8.78 Å². The molecule has 6 heteroatoms. The monoisotopic (exact) mass is 249 g/mol. The van der Waals surface area contributed by atoms with Gasteiger partial charge in [0, 0.05) is 19.0 Å². The SMILES string of the molecule is CC(C)c1nn(C)c(Cl)c1C1(N)CC1(F)F. The predicted octanol–water partition coefficient (Wildman–Crippen LogP) is 2.39. The van der Waals surface area contributed by atoms with Crippen LogP contribution < -0.4 is 5.73 Å². The van der Waals surface area contributed by atoms with Crippen LogP contribution in [0.3, 0.4) is 0 Å². The summed E-state index contributed by atoms with van der Waals surface area (Å²) in [6.45, 7) is 3.76. The Labute approximate surface area is 97.6 Å². The standard InChI is InChI=1S/C10H14ClF2N3/c1-5(2)7-6(8(11)16(3)15-7)9(14)4-10(9,12)13/h5H,4,14H2,1-3H3. The summed E-state index contributed by atoms with van der Waals surface area (Å²) in [4.78, 5) is 0. The maximum absolute atomic E-state index is 13.3. The molecule has 0 amide bonds. The summed E-state index contributed by atoms with van der Waals surface area (Å²) < 4.78 is 28.0. The summed E-state index contributed by atoms with van der Waals surface area (Å²) in [6, 6.07) is 0. The Morgan fingerprint density at radius 1 is 1.50 bits per heavy atom.